The summed E-state index contributed by atoms with van der Waals surface area (Å²) in [5, 5.41) is 0. The first-order chi connectivity index (χ1) is 9.15. The highest BCUT2D eigenvalue weighted by Gasteiger charge is 2.20. The number of hydrogen-bond donors (Lipinski definition) is 0. The SMILES string of the molecule is CC(C)CC(=O)CN1CCN(c2ncccn2)CC1. The monoisotopic (exact) mass is 262 g/mol. The van der Waals surface area contributed by atoms with E-state index in [4.69, 9.17) is 0 Å². The van der Waals surface area contributed by atoms with Gasteiger partial charge in [-0.15, -0.1) is 0 Å². The first kappa shape index (κ1) is 13.9. The summed E-state index contributed by atoms with van der Waals surface area (Å²) < 4.78 is 0. The molecule has 0 aliphatic carbocycles. The first-order valence-corrected chi connectivity index (χ1v) is 6.91. The zero-order valence-electron chi connectivity index (χ0n) is 11.7. The molecule has 1 saturated heterocycles. The van der Waals surface area contributed by atoms with Crippen LogP contribution in [0, 0.1) is 5.92 Å². The van der Waals surface area contributed by atoms with Crippen molar-refractivity contribution in [2.75, 3.05) is 37.6 Å². The van der Waals surface area contributed by atoms with Crippen molar-refractivity contribution in [2.45, 2.75) is 20.3 Å². The van der Waals surface area contributed by atoms with E-state index in [0.717, 1.165) is 32.1 Å². The third-order valence-electron chi connectivity index (χ3n) is 3.24. The van der Waals surface area contributed by atoms with Crippen molar-refractivity contribution in [3.8, 4) is 0 Å². The van der Waals surface area contributed by atoms with Crippen LogP contribution >= 0.6 is 0 Å². The molecule has 5 heteroatoms. The Morgan fingerprint density at radius 1 is 1.21 bits per heavy atom. The van der Waals surface area contributed by atoms with Crippen molar-refractivity contribution in [2.24, 2.45) is 5.92 Å². The molecule has 0 unspecified atom stereocenters. The number of carbonyl (C=O) groups is 1. The minimum atomic E-state index is 0.347. The highest BCUT2D eigenvalue weighted by molar-refractivity contribution is 5.80. The second-order valence-corrected chi connectivity index (χ2v) is 5.45. The number of carbonyl (C=O) groups excluding carboxylic acids is 1. The van der Waals surface area contributed by atoms with Crippen LogP contribution in [0.2, 0.25) is 0 Å². The van der Waals surface area contributed by atoms with Crippen molar-refractivity contribution in [1.82, 2.24) is 14.9 Å². The van der Waals surface area contributed by atoms with Crippen LogP contribution in [0.4, 0.5) is 5.95 Å². The quantitative estimate of drug-likeness (QED) is 0.798. The highest BCUT2D eigenvalue weighted by Crippen LogP contribution is 2.10. The van der Waals surface area contributed by atoms with Gasteiger partial charge >= 0.3 is 0 Å². The van der Waals surface area contributed by atoms with Crippen LogP contribution in [0.25, 0.3) is 0 Å². The van der Waals surface area contributed by atoms with Gasteiger partial charge in [0.2, 0.25) is 5.95 Å². The molecule has 2 rings (SSSR count). The Labute approximate surface area is 114 Å². The number of Topliss-reactive ketones (excluding diaryl/α,β-unsaturated/α-hetero) is 1. The van der Waals surface area contributed by atoms with Crippen LogP contribution in [0.15, 0.2) is 18.5 Å². The molecule has 19 heavy (non-hydrogen) atoms. The Morgan fingerprint density at radius 2 is 1.84 bits per heavy atom. The zero-order chi connectivity index (χ0) is 13.7. The molecule has 1 fully saturated rings. The van der Waals surface area contributed by atoms with Gasteiger partial charge in [0.15, 0.2) is 0 Å². The van der Waals surface area contributed by atoms with Crippen LogP contribution in [-0.4, -0.2) is 53.4 Å². The molecule has 0 aromatic carbocycles. The minimum absolute atomic E-state index is 0.347. The van der Waals surface area contributed by atoms with Gasteiger partial charge in [0, 0.05) is 45.0 Å². The normalized spacial score (nSPS) is 16.9. The van der Waals surface area contributed by atoms with Gasteiger partial charge in [-0.3, -0.25) is 9.69 Å². The van der Waals surface area contributed by atoms with Crippen LogP contribution < -0.4 is 4.90 Å². The number of aromatic nitrogens is 2. The molecule has 104 valence electrons. The highest BCUT2D eigenvalue weighted by atomic mass is 16.1. The lowest BCUT2D eigenvalue weighted by atomic mass is 10.1. The molecule has 0 N–H and O–H groups in total. The zero-order valence-corrected chi connectivity index (χ0v) is 11.7. The third kappa shape index (κ3) is 4.28. The van der Waals surface area contributed by atoms with E-state index in [0.29, 0.717) is 24.7 Å². The number of rotatable bonds is 5. The van der Waals surface area contributed by atoms with Crippen molar-refractivity contribution in [3.63, 3.8) is 0 Å². The Morgan fingerprint density at radius 3 is 2.42 bits per heavy atom. The molecular formula is C14H22N4O. The summed E-state index contributed by atoms with van der Waals surface area (Å²) in [4.78, 5) is 24.7. The fourth-order valence-corrected chi connectivity index (χ4v) is 2.33. The summed E-state index contributed by atoms with van der Waals surface area (Å²) in [6.07, 6.45) is 4.21. The standard InChI is InChI=1S/C14H22N4O/c1-12(2)10-13(19)11-17-6-8-18(9-7-17)14-15-4-3-5-16-14/h3-5,12H,6-11H2,1-2H3. The lowest BCUT2D eigenvalue weighted by Crippen LogP contribution is -2.48. The molecule has 1 aliphatic heterocycles. The lowest BCUT2D eigenvalue weighted by molar-refractivity contribution is -0.120. The van der Waals surface area contributed by atoms with E-state index >= 15 is 0 Å². The molecule has 1 aromatic heterocycles. The molecule has 0 radical (unpaired) electrons. The minimum Gasteiger partial charge on any atom is -0.338 e. The molecule has 1 aromatic rings. The molecule has 1 aliphatic rings. The van der Waals surface area contributed by atoms with E-state index < -0.39 is 0 Å². The number of nitrogens with zero attached hydrogens (tertiary/aromatic N) is 4. The fraction of sp³-hybridized carbons (Fsp3) is 0.643. The number of anilines is 1. The Bertz CT molecular complexity index is 399. The van der Waals surface area contributed by atoms with Gasteiger partial charge in [-0.2, -0.15) is 0 Å². The van der Waals surface area contributed by atoms with Gasteiger partial charge in [0.1, 0.15) is 5.78 Å². The summed E-state index contributed by atoms with van der Waals surface area (Å²) >= 11 is 0. The summed E-state index contributed by atoms with van der Waals surface area (Å²) in [5.41, 5.74) is 0. The van der Waals surface area contributed by atoms with Crippen LogP contribution in [0.1, 0.15) is 20.3 Å². The first-order valence-electron chi connectivity index (χ1n) is 6.91. The smallest absolute Gasteiger partial charge is 0.225 e. The number of piperazine rings is 1. The van der Waals surface area contributed by atoms with E-state index in [2.05, 4.69) is 33.6 Å². The maximum absolute atomic E-state index is 11.8. The van der Waals surface area contributed by atoms with Crippen molar-refractivity contribution < 1.29 is 4.79 Å². The predicted octanol–water partition coefficient (Wildman–Crippen LogP) is 1.21. The van der Waals surface area contributed by atoms with Gasteiger partial charge in [0.05, 0.1) is 6.54 Å². The summed E-state index contributed by atoms with van der Waals surface area (Å²) in [7, 11) is 0. The van der Waals surface area contributed by atoms with Crippen molar-refractivity contribution in [1.29, 1.82) is 0 Å². The third-order valence-corrected chi connectivity index (χ3v) is 3.24. The number of ketones is 1. The fourth-order valence-electron chi connectivity index (χ4n) is 2.33. The van der Waals surface area contributed by atoms with Crippen LogP contribution in [0.3, 0.4) is 0 Å². The van der Waals surface area contributed by atoms with E-state index in [-0.39, 0.29) is 0 Å². The van der Waals surface area contributed by atoms with Crippen LogP contribution in [0.5, 0.6) is 0 Å². The number of hydrogen-bond acceptors (Lipinski definition) is 5. The van der Waals surface area contributed by atoms with Crippen molar-refractivity contribution in [3.05, 3.63) is 18.5 Å². The molecule has 0 bridgehead atoms. The van der Waals surface area contributed by atoms with E-state index in [1.165, 1.54) is 0 Å². The molecule has 5 nitrogen and oxygen atoms in total. The average Bonchev–Trinajstić information content (AvgIpc) is 2.39. The Balaban J connectivity index is 1.78. The maximum atomic E-state index is 11.8. The largest absolute Gasteiger partial charge is 0.338 e. The molecule has 0 amide bonds. The molecular weight excluding hydrogens is 240 g/mol. The molecule has 0 atom stereocenters. The van der Waals surface area contributed by atoms with Gasteiger partial charge in [-0.1, -0.05) is 13.8 Å². The molecule has 0 saturated carbocycles. The summed E-state index contributed by atoms with van der Waals surface area (Å²) in [5.74, 6) is 1.58. The van der Waals surface area contributed by atoms with E-state index in [1.807, 2.05) is 6.07 Å². The molecule has 2 heterocycles. The molecule has 0 spiro atoms. The van der Waals surface area contributed by atoms with Gasteiger partial charge in [-0.25, -0.2) is 9.97 Å². The Hall–Kier alpha value is -1.49. The van der Waals surface area contributed by atoms with E-state index in [9.17, 15) is 4.79 Å². The summed E-state index contributed by atoms with van der Waals surface area (Å²) in [6, 6.07) is 1.82. The second-order valence-electron chi connectivity index (χ2n) is 5.45. The predicted molar refractivity (Wildman–Crippen MR) is 75.1 cm³/mol. The van der Waals surface area contributed by atoms with Crippen LogP contribution in [-0.2, 0) is 4.79 Å². The topological polar surface area (TPSA) is 49.3 Å². The lowest BCUT2D eigenvalue weighted by Gasteiger charge is -2.34. The second kappa shape index (κ2) is 6.61. The average molecular weight is 262 g/mol. The van der Waals surface area contributed by atoms with Gasteiger partial charge in [0.25, 0.3) is 0 Å². The van der Waals surface area contributed by atoms with Gasteiger partial charge in [-0.05, 0) is 12.0 Å². The van der Waals surface area contributed by atoms with Gasteiger partial charge < -0.3 is 4.90 Å². The van der Waals surface area contributed by atoms with Crippen molar-refractivity contribution >= 4 is 11.7 Å². The Kier molecular flexibility index (Phi) is 4.85. The van der Waals surface area contributed by atoms with E-state index in [1.54, 1.807) is 12.4 Å². The maximum Gasteiger partial charge on any atom is 0.225 e. The summed E-state index contributed by atoms with van der Waals surface area (Å²) in [6.45, 7) is 8.34.